The van der Waals surface area contributed by atoms with Crippen molar-refractivity contribution in [1.29, 1.82) is 0 Å². The lowest BCUT2D eigenvalue weighted by Gasteiger charge is -2.24. The van der Waals surface area contributed by atoms with Crippen molar-refractivity contribution in [1.82, 2.24) is 5.32 Å². The second-order valence-corrected chi connectivity index (χ2v) is 4.22. The maximum Gasteiger partial charge on any atom is 0.252 e. The molecule has 0 spiro atoms. The Bertz CT molecular complexity index is 382. The predicted molar refractivity (Wildman–Crippen MR) is 63.3 cm³/mol. The molecular weight excluding hydrogens is 202 g/mol. The number of amides is 1. The molecule has 0 aliphatic carbocycles. The summed E-state index contributed by atoms with van der Waals surface area (Å²) in [5.41, 5.74) is -0.235. The average Bonchev–Trinajstić information content (AvgIpc) is 2.28. The van der Waals surface area contributed by atoms with Gasteiger partial charge in [0.2, 0.25) is 0 Å². The smallest absolute Gasteiger partial charge is 0.252 e. The molecule has 0 aliphatic rings. The van der Waals surface area contributed by atoms with Gasteiger partial charge in [0.1, 0.15) is 0 Å². The Morgan fingerprint density at radius 3 is 2.25 bits per heavy atom. The Morgan fingerprint density at radius 1 is 1.19 bits per heavy atom. The second kappa shape index (κ2) is 4.92. The summed E-state index contributed by atoms with van der Waals surface area (Å²) in [6.45, 7) is 5.23. The third-order valence-electron chi connectivity index (χ3n) is 2.48. The van der Waals surface area contributed by atoms with Crippen molar-refractivity contribution in [3.8, 4) is 0 Å². The third kappa shape index (κ3) is 2.92. The molecular formula is C13H17NO2. The lowest BCUT2D eigenvalue weighted by molar-refractivity contribution is -0.123. The van der Waals surface area contributed by atoms with Gasteiger partial charge in [0.15, 0.2) is 5.78 Å². The Hall–Kier alpha value is -1.64. The van der Waals surface area contributed by atoms with Crippen molar-refractivity contribution >= 4 is 11.7 Å². The summed E-state index contributed by atoms with van der Waals surface area (Å²) in [5.74, 6) is -0.191. The first kappa shape index (κ1) is 12.4. The van der Waals surface area contributed by atoms with Crippen LogP contribution < -0.4 is 5.32 Å². The number of Topliss-reactive ketones (excluding diaryl/α,β-unsaturated/α-hetero) is 1. The van der Waals surface area contributed by atoms with Gasteiger partial charge < -0.3 is 5.32 Å². The van der Waals surface area contributed by atoms with Crippen molar-refractivity contribution in [2.45, 2.75) is 32.7 Å². The van der Waals surface area contributed by atoms with E-state index in [0.29, 0.717) is 12.0 Å². The molecule has 0 bridgehead atoms. The van der Waals surface area contributed by atoms with Gasteiger partial charge in [0.05, 0.1) is 5.54 Å². The first-order chi connectivity index (χ1) is 7.47. The highest BCUT2D eigenvalue weighted by atomic mass is 16.2. The van der Waals surface area contributed by atoms with Gasteiger partial charge in [-0.05, 0) is 26.0 Å². The minimum atomic E-state index is -0.804. The van der Waals surface area contributed by atoms with Crippen molar-refractivity contribution in [3.05, 3.63) is 35.9 Å². The zero-order valence-electron chi connectivity index (χ0n) is 9.91. The first-order valence-electron chi connectivity index (χ1n) is 5.38. The van der Waals surface area contributed by atoms with Gasteiger partial charge in [-0.2, -0.15) is 0 Å². The summed E-state index contributed by atoms with van der Waals surface area (Å²) in [5, 5.41) is 2.73. The monoisotopic (exact) mass is 219 g/mol. The Morgan fingerprint density at radius 2 is 1.75 bits per heavy atom. The summed E-state index contributed by atoms with van der Waals surface area (Å²) in [6, 6.07) is 8.88. The van der Waals surface area contributed by atoms with E-state index in [1.54, 1.807) is 45.0 Å². The average molecular weight is 219 g/mol. The molecule has 0 aliphatic heterocycles. The normalized spacial score (nSPS) is 10.9. The van der Waals surface area contributed by atoms with E-state index in [1.165, 1.54) is 0 Å². The van der Waals surface area contributed by atoms with Crippen molar-refractivity contribution in [2.75, 3.05) is 0 Å². The van der Waals surface area contributed by atoms with E-state index in [9.17, 15) is 9.59 Å². The van der Waals surface area contributed by atoms with Crippen LogP contribution in [0.25, 0.3) is 0 Å². The van der Waals surface area contributed by atoms with Crippen molar-refractivity contribution in [2.24, 2.45) is 0 Å². The van der Waals surface area contributed by atoms with Gasteiger partial charge in [-0.15, -0.1) is 0 Å². The van der Waals surface area contributed by atoms with Crippen LogP contribution in [0.5, 0.6) is 0 Å². The van der Waals surface area contributed by atoms with E-state index < -0.39 is 5.54 Å². The molecule has 1 aromatic rings. The highest BCUT2D eigenvalue weighted by Gasteiger charge is 2.27. The lowest BCUT2D eigenvalue weighted by atomic mass is 9.96. The summed E-state index contributed by atoms with van der Waals surface area (Å²) >= 11 is 0. The molecule has 3 heteroatoms. The molecule has 0 radical (unpaired) electrons. The van der Waals surface area contributed by atoms with Crippen LogP contribution in [0.2, 0.25) is 0 Å². The summed E-state index contributed by atoms with van der Waals surface area (Å²) in [7, 11) is 0. The Balaban J connectivity index is 2.76. The van der Waals surface area contributed by atoms with Crippen LogP contribution in [-0.4, -0.2) is 17.2 Å². The molecule has 0 atom stereocenters. The molecule has 0 unspecified atom stereocenters. The minimum Gasteiger partial charge on any atom is -0.340 e. The van der Waals surface area contributed by atoms with Gasteiger partial charge in [0, 0.05) is 12.0 Å². The van der Waals surface area contributed by atoms with Crippen LogP contribution in [0.15, 0.2) is 30.3 Å². The van der Waals surface area contributed by atoms with Gasteiger partial charge in [-0.3, -0.25) is 9.59 Å². The zero-order valence-corrected chi connectivity index (χ0v) is 9.91. The van der Waals surface area contributed by atoms with E-state index in [0.717, 1.165) is 0 Å². The van der Waals surface area contributed by atoms with Crippen LogP contribution in [0, 0.1) is 0 Å². The molecule has 86 valence electrons. The summed E-state index contributed by atoms with van der Waals surface area (Å²) < 4.78 is 0. The number of benzene rings is 1. The number of hydrogen-bond donors (Lipinski definition) is 1. The van der Waals surface area contributed by atoms with Crippen molar-refractivity contribution in [3.63, 3.8) is 0 Å². The largest absolute Gasteiger partial charge is 0.340 e. The molecule has 1 rings (SSSR count). The molecule has 0 saturated carbocycles. The molecule has 3 nitrogen and oxygen atoms in total. The van der Waals surface area contributed by atoms with Crippen LogP contribution in [0.4, 0.5) is 0 Å². The molecule has 0 heterocycles. The van der Waals surface area contributed by atoms with E-state index in [4.69, 9.17) is 0 Å². The lowest BCUT2D eigenvalue weighted by Crippen LogP contribution is -2.49. The molecule has 1 amide bonds. The van der Waals surface area contributed by atoms with Gasteiger partial charge in [-0.1, -0.05) is 25.1 Å². The number of carbonyl (C=O) groups is 2. The molecule has 1 N–H and O–H groups in total. The number of ketones is 1. The number of carbonyl (C=O) groups excluding carboxylic acids is 2. The number of rotatable bonds is 4. The third-order valence-corrected chi connectivity index (χ3v) is 2.48. The summed E-state index contributed by atoms with van der Waals surface area (Å²) in [6.07, 6.45) is 0.419. The Labute approximate surface area is 95.9 Å². The standard InChI is InChI=1S/C13H17NO2/c1-4-11(15)13(2,3)14-12(16)10-8-6-5-7-9-10/h5-9H,4H2,1-3H3,(H,14,16). The number of nitrogens with one attached hydrogen (secondary N) is 1. The highest BCUT2D eigenvalue weighted by Crippen LogP contribution is 2.08. The molecule has 1 aromatic carbocycles. The molecule has 0 aromatic heterocycles. The molecule has 0 saturated heterocycles. The highest BCUT2D eigenvalue weighted by molar-refractivity contribution is 5.99. The van der Waals surface area contributed by atoms with Crippen LogP contribution in [0.1, 0.15) is 37.6 Å². The van der Waals surface area contributed by atoms with E-state index >= 15 is 0 Å². The fourth-order valence-electron chi connectivity index (χ4n) is 1.46. The number of hydrogen-bond acceptors (Lipinski definition) is 2. The van der Waals surface area contributed by atoms with Gasteiger partial charge >= 0.3 is 0 Å². The second-order valence-electron chi connectivity index (χ2n) is 4.22. The molecule has 0 fully saturated rings. The van der Waals surface area contributed by atoms with E-state index in [1.807, 2.05) is 6.07 Å². The van der Waals surface area contributed by atoms with Crippen LogP contribution in [0.3, 0.4) is 0 Å². The topological polar surface area (TPSA) is 46.2 Å². The SMILES string of the molecule is CCC(=O)C(C)(C)NC(=O)c1ccccc1. The Kier molecular flexibility index (Phi) is 3.82. The minimum absolute atomic E-state index is 0.0248. The molecule has 16 heavy (non-hydrogen) atoms. The maximum atomic E-state index is 11.8. The fourth-order valence-corrected chi connectivity index (χ4v) is 1.46. The van der Waals surface area contributed by atoms with Crippen LogP contribution >= 0.6 is 0 Å². The van der Waals surface area contributed by atoms with Gasteiger partial charge in [0.25, 0.3) is 5.91 Å². The van der Waals surface area contributed by atoms with E-state index in [-0.39, 0.29) is 11.7 Å². The maximum absolute atomic E-state index is 11.8. The van der Waals surface area contributed by atoms with E-state index in [2.05, 4.69) is 5.32 Å². The van der Waals surface area contributed by atoms with Crippen molar-refractivity contribution < 1.29 is 9.59 Å². The predicted octanol–water partition coefficient (Wildman–Crippen LogP) is 2.17. The van der Waals surface area contributed by atoms with Gasteiger partial charge in [-0.25, -0.2) is 0 Å². The zero-order chi connectivity index (χ0) is 12.2. The summed E-state index contributed by atoms with van der Waals surface area (Å²) in [4.78, 5) is 23.4. The fraction of sp³-hybridized carbons (Fsp3) is 0.385. The van der Waals surface area contributed by atoms with Crippen LogP contribution in [-0.2, 0) is 4.79 Å². The first-order valence-corrected chi connectivity index (χ1v) is 5.38. The quantitative estimate of drug-likeness (QED) is 0.843.